The third-order valence-corrected chi connectivity index (χ3v) is 5.65. The topological polar surface area (TPSA) is 59.7 Å². The predicted octanol–water partition coefficient (Wildman–Crippen LogP) is 4.57. The van der Waals surface area contributed by atoms with E-state index in [2.05, 4.69) is 16.5 Å². The quantitative estimate of drug-likeness (QED) is 0.649. The van der Waals surface area contributed by atoms with E-state index >= 15 is 0 Å². The normalized spacial score (nSPS) is 16.0. The second-order valence-corrected chi connectivity index (χ2v) is 8.76. The van der Waals surface area contributed by atoms with Crippen LogP contribution in [0.3, 0.4) is 0 Å². The molecule has 0 aromatic carbocycles. The maximum absolute atomic E-state index is 12.2. The Morgan fingerprint density at radius 1 is 1.26 bits per heavy atom. The number of piperidine rings is 1. The molecule has 3 aromatic rings. The molecule has 0 radical (unpaired) electrons. The van der Waals surface area contributed by atoms with Gasteiger partial charge in [-0.15, -0.1) is 11.3 Å². The number of fused-ring (bicyclic) bond motifs is 1. The molecule has 0 unspecified atom stereocenters. The van der Waals surface area contributed by atoms with Crippen molar-refractivity contribution in [1.82, 2.24) is 19.5 Å². The van der Waals surface area contributed by atoms with Crippen LogP contribution in [0.25, 0.3) is 16.1 Å². The van der Waals surface area contributed by atoms with E-state index < -0.39 is 5.60 Å². The number of pyridine rings is 1. The SMILES string of the molecule is CC(C)(C)OC(=O)N1CCC(c2csc(-c3cccn4nccc34)n2)CC1. The number of amides is 1. The molecule has 0 N–H and O–H groups in total. The van der Waals surface area contributed by atoms with Crippen LogP contribution in [-0.4, -0.2) is 44.3 Å². The zero-order valence-corrected chi connectivity index (χ0v) is 16.7. The summed E-state index contributed by atoms with van der Waals surface area (Å²) in [7, 11) is 0. The maximum Gasteiger partial charge on any atom is 0.410 e. The fourth-order valence-corrected chi connectivity index (χ4v) is 4.35. The second-order valence-electron chi connectivity index (χ2n) is 7.90. The molecule has 1 amide bonds. The van der Waals surface area contributed by atoms with E-state index in [0.717, 1.165) is 34.6 Å². The Bertz CT molecular complexity index is 948. The van der Waals surface area contributed by atoms with Crippen LogP contribution in [0.1, 0.15) is 45.2 Å². The number of aromatic nitrogens is 3. The van der Waals surface area contributed by atoms with E-state index in [1.54, 1.807) is 17.5 Å². The zero-order chi connectivity index (χ0) is 19.0. The summed E-state index contributed by atoms with van der Waals surface area (Å²) in [5, 5.41) is 7.47. The first-order valence-corrected chi connectivity index (χ1v) is 10.1. The molecule has 0 bridgehead atoms. The fourth-order valence-electron chi connectivity index (χ4n) is 3.41. The number of ether oxygens (including phenoxy) is 1. The standard InChI is InChI=1S/C20H24N4O2S/c1-20(2,3)26-19(25)23-11-7-14(8-12-23)16-13-27-18(22-16)15-5-4-10-24-17(15)6-9-21-24/h4-6,9-10,13-14H,7-8,11-12H2,1-3H3. The van der Waals surface area contributed by atoms with E-state index in [4.69, 9.17) is 9.72 Å². The molecule has 0 saturated carbocycles. The Morgan fingerprint density at radius 3 is 2.78 bits per heavy atom. The maximum atomic E-state index is 12.2. The highest BCUT2D eigenvalue weighted by molar-refractivity contribution is 7.13. The van der Waals surface area contributed by atoms with Gasteiger partial charge in [-0.05, 0) is 51.8 Å². The number of nitrogens with zero attached hydrogens (tertiary/aromatic N) is 4. The molecule has 6 nitrogen and oxygen atoms in total. The molecule has 1 saturated heterocycles. The number of rotatable bonds is 2. The van der Waals surface area contributed by atoms with Gasteiger partial charge in [-0.2, -0.15) is 5.10 Å². The van der Waals surface area contributed by atoms with Crippen molar-refractivity contribution in [3.63, 3.8) is 0 Å². The first-order chi connectivity index (χ1) is 12.9. The van der Waals surface area contributed by atoms with E-state index in [9.17, 15) is 4.79 Å². The first-order valence-electron chi connectivity index (χ1n) is 9.27. The van der Waals surface area contributed by atoms with Crippen molar-refractivity contribution in [1.29, 1.82) is 0 Å². The summed E-state index contributed by atoms with van der Waals surface area (Å²) in [6.07, 6.45) is 5.37. The molecule has 142 valence electrons. The third kappa shape index (κ3) is 3.83. The number of thiazole rings is 1. The number of carbonyl (C=O) groups is 1. The van der Waals surface area contributed by atoms with Gasteiger partial charge in [0.25, 0.3) is 0 Å². The van der Waals surface area contributed by atoms with Crippen molar-refractivity contribution in [2.45, 2.75) is 45.1 Å². The summed E-state index contributed by atoms with van der Waals surface area (Å²) in [4.78, 5) is 18.9. The van der Waals surface area contributed by atoms with Crippen LogP contribution < -0.4 is 0 Å². The van der Waals surface area contributed by atoms with Gasteiger partial charge in [0.15, 0.2) is 0 Å². The van der Waals surface area contributed by atoms with Crippen LogP contribution in [0.5, 0.6) is 0 Å². The molecule has 3 aromatic heterocycles. The minimum absolute atomic E-state index is 0.215. The average molecular weight is 385 g/mol. The Balaban J connectivity index is 1.45. The molecule has 27 heavy (non-hydrogen) atoms. The molecule has 4 heterocycles. The van der Waals surface area contributed by atoms with Gasteiger partial charge in [0.1, 0.15) is 10.6 Å². The molecule has 0 spiro atoms. The lowest BCUT2D eigenvalue weighted by atomic mass is 9.94. The van der Waals surface area contributed by atoms with E-state index in [1.807, 2.05) is 48.5 Å². The monoisotopic (exact) mass is 384 g/mol. The summed E-state index contributed by atoms with van der Waals surface area (Å²) in [6.45, 7) is 7.12. The third-order valence-electron chi connectivity index (χ3n) is 4.75. The van der Waals surface area contributed by atoms with Gasteiger partial charge in [0, 0.05) is 36.1 Å². The Kier molecular flexibility index (Phi) is 4.63. The van der Waals surface area contributed by atoms with Crippen molar-refractivity contribution in [3.8, 4) is 10.6 Å². The van der Waals surface area contributed by atoms with Crippen LogP contribution >= 0.6 is 11.3 Å². The van der Waals surface area contributed by atoms with Gasteiger partial charge in [-0.3, -0.25) is 0 Å². The van der Waals surface area contributed by atoms with Gasteiger partial charge >= 0.3 is 6.09 Å². The average Bonchev–Trinajstić information content (AvgIpc) is 3.29. The molecule has 0 aliphatic carbocycles. The fraction of sp³-hybridized carbons (Fsp3) is 0.450. The number of hydrogen-bond acceptors (Lipinski definition) is 5. The molecule has 1 fully saturated rings. The van der Waals surface area contributed by atoms with E-state index in [1.165, 1.54) is 0 Å². The smallest absolute Gasteiger partial charge is 0.410 e. The summed E-state index contributed by atoms with van der Waals surface area (Å²) in [6, 6.07) is 6.09. The number of hydrogen-bond donors (Lipinski definition) is 0. The second kappa shape index (κ2) is 6.96. The van der Waals surface area contributed by atoms with E-state index in [-0.39, 0.29) is 6.09 Å². The van der Waals surface area contributed by atoms with Gasteiger partial charge in [-0.25, -0.2) is 14.3 Å². The number of carbonyl (C=O) groups excluding carboxylic acids is 1. The largest absolute Gasteiger partial charge is 0.444 e. The molecule has 0 atom stereocenters. The minimum Gasteiger partial charge on any atom is -0.444 e. The van der Waals surface area contributed by atoms with Gasteiger partial charge in [-0.1, -0.05) is 0 Å². The highest BCUT2D eigenvalue weighted by Crippen LogP contribution is 2.34. The highest BCUT2D eigenvalue weighted by Gasteiger charge is 2.28. The predicted molar refractivity (Wildman–Crippen MR) is 106 cm³/mol. The molecule has 1 aliphatic rings. The van der Waals surface area contributed by atoms with Crippen molar-refractivity contribution < 1.29 is 9.53 Å². The van der Waals surface area contributed by atoms with Gasteiger partial charge in [0.2, 0.25) is 0 Å². The minimum atomic E-state index is -0.452. The molecule has 4 rings (SSSR count). The van der Waals surface area contributed by atoms with Crippen molar-refractivity contribution in [2.75, 3.05) is 13.1 Å². The number of likely N-dealkylation sites (tertiary alicyclic amines) is 1. The Labute approximate surface area is 162 Å². The first kappa shape index (κ1) is 18.0. The Morgan fingerprint density at radius 2 is 2.04 bits per heavy atom. The summed E-state index contributed by atoms with van der Waals surface area (Å²) < 4.78 is 7.35. The zero-order valence-electron chi connectivity index (χ0n) is 15.9. The van der Waals surface area contributed by atoms with Crippen LogP contribution in [0.15, 0.2) is 36.0 Å². The van der Waals surface area contributed by atoms with Crippen molar-refractivity contribution >= 4 is 22.9 Å². The van der Waals surface area contributed by atoms with Crippen LogP contribution in [0.2, 0.25) is 0 Å². The summed E-state index contributed by atoms with van der Waals surface area (Å²) >= 11 is 1.67. The Hall–Kier alpha value is -2.41. The molecule has 7 heteroatoms. The van der Waals surface area contributed by atoms with Crippen molar-refractivity contribution in [3.05, 3.63) is 41.7 Å². The van der Waals surface area contributed by atoms with Gasteiger partial charge in [0.05, 0.1) is 17.4 Å². The lowest BCUT2D eigenvalue weighted by Crippen LogP contribution is -2.41. The van der Waals surface area contributed by atoms with Crippen LogP contribution in [-0.2, 0) is 4.74 Å². The van der Waals surface area contributed by atoms with Crippen LogP contribution in [0.4, 0.5) is 4.79 Å². The van der Waals surface area contributed by atoms with Gasteiger partial charge < -0.3 is 9.64 Å². The van der Waals surface area contributed by atoms with E-state index in [0.29, 0.717) is 19.0 Å². The molecular formula is C20H24N4O2S. The summed E-state index contributed by atoms with van der Waals surface area (Å²) in [5.41, 5.74) is 2.85. The van der Waals surface area contributed by atoms with Crippen molar-refractivity contribution in [2.24, 2.45) is 0 Å². The lowest BCUT2D eigenvalue weighted by molar-refractivity contribution is 0.0204. The lowest BCUT2D eigenvalue weighted by Gasteiger charge is -2.32. The highest BCUT2D eigenvalue weighted by atomic mass is 32.1. The molecule has 1 aliphatic heterocycles. The van der Waals surface area contributed by atoms with Crippen LogP contribution in [0, 0.1) is 0 Å². The molecular weight excluding hydrogens is 360 g/mol. The summed E-state index contributed by atoms with van der Waals surface area (Å²) in [5.74, 6) is 0.387.